The summed E-state index contributed by atoms with van der Waals surface area (Å²) in [6.45, 7) is 5.74. The second-order valence-electron chi connectivity index (χ2n) is 6.77. The maximum atomic E-state index is 12.5. The Morgan fingerprint density at radius 1 is 1.08 bits per heavy atom. The molecular weight excluding hydrogens is 314 g/mol. The highest BCUT2D eigenvalue weighted by Gasteiger charge is 2.24. The fourth-order valence-corrected chi connectivity index (χ4v) is 3.62. The van der Waals surface area contributed by atoms with Crippen molar-refractivity contribution < 1.29 is 9.59 Å². The summed E-state index contributed by atoms with van der Waals surface area (Å²) < 4.78 is 0. The lowest BCUT2D eigenvalue weighted by Gasteiger charge is -2.30. The summed E-state index contributed by atoms with van der Waals surface area (Å²) in [5.74, 6) is 0.369. The van der Waals surface area contributed by atoms with E-state index in [4.69, 9.17) is 5.73 Å². The Labute approximate surface area is 151 Å². The molecule has 1 atom stereocenters. The van der Waals surface area contributed by atoms with Crippen LogP contribution in [0.25, 0.3) is 0 Å². The largest absolute Gasteiger partial charge is 0.348 e. The number of hydrogen-bond acceptors (Lipinski definition) is 3. The Bertz CT molecular complexity index is 561. The highest BCUT2D eigenvalue weighted by Crippen LogP contribution is 2.26. The number of nitrogens with two attached hydrogens (primary N) is 1. The molecule has 1 aromatic rings. The summed E-state index contributed by atoms with van der Waals surface area (Å²) >= 11 is 0. The van der Waals surface area contributed by atoms with E-state index in [-0.39, 0.29) is 17.9 Å². The monoisotopic (exact) mass is 345 g/mol. The van der Waals surface area contributed by atoms with Crippen LogP contribution in [-0.2, 0) is 0 Å². The molecule has 0 bridgehead atoms. The lowest BCUT2D eigenvalue weighted by Crippen LogP contribution is -2.45. The van der Waals surface area contributed by atoms with Gasteiger partial charge in [0.05, 0.1) is 0 Å². The molecule has 1 aliphatic rings. The van der Waals surface area contributed by atoms with Crippen molar-refractivity contribution in [1.29, 1.82) is 0 Å². The minimum atomic E-state index is -0.108. The van der Waals surface area contributed by atoms with E-state index in [1.165, 1.54) is 19.3 Å². The van der Waals surface area contributed by atoms with E-state index in [0.29, 0.717) is 36.7 Å². The number of carbonyl (C=O) groups excluding carboxylic acids is 2. The van der Waals surface area contributed by atoms with E-state index in [1.54, 1.807) is 29.2 Å². The first-order valence-electron chi connectivity index (χ1n) is 9.50. The van der Waals surface area contributed by atoms with Gasteiger partial charge in [0.15, 0.2) is 0 Å². The summed E-state index contributed by atoms with van der Waals surface area (Å²) in [5.41, 5.74) is 7.08. The molecule has 138 valence electrons. The van der Waals surface area contributed by atoms with Crippen LogP contribution in [0.5, 0.6) is 0 Å². The maximum absolute atomic E-state index is 12.5. The number of amides is 2. The Kier molecular flexibility index (Phi) is 7.44. The van der Waals surface area contributed by atoms with Crippen LogP contribution in [0, 0.1) is 5.92 Å². The molecule has 5 heteroatoms. The van der Waals surface area contributed by atoms with Gasteiger partial charge in [0.2, 0.25) is 0 Å². The molecular formula is C20H31N3O2. The Morgan fingerprint density at radius 3 is 2.16 bits per heavy atom. The predicted octanol–water partition coefficient (Wildman–Crippen LogP) is 2.81. The molecule has 2 amide bonds. The van der Waals surface area contributed by atoms with E-state index in [1.807, 2.05) is 13.8 Å². The molecule has 1 aliphatic carbocycles. The molecule has 0 aromatic heterocycles. The zero-order valence-corrected chi connectivity index (χ0v) is 15.5. The zero-order valence-electron chi connectivity index (χ0n) is 15.5. The summed E-state index contributed by atoms with van der Waals surface area (Å²) in [4.78, 5) is 26.6. The Hall–Kier alpha value is -1.88. The second kappa shape index (κ2) is 9.56. The van der Waals surface area contributed by atoms with Crippen molar-refractivity contribution in [2.24, 2.45) is 11.7 Å². The zero-order chi connectivity index (χ0) is 18.2. The van der Waals surface area contributed by atoms with Crippen molar-refractivity contribution in [2.45, 2.75) is 52.0 Å². The molecule has 2 rings (SSSR count). The molecule has 1 saturated carbocycles. The van der Waals surface area contributed by atoms with Crippen LogP contribution < -0.4 is 11.1 Å². The average Bonchev–Trinajstić information content (AvgIpc) is 2.67. The smallest absolute Gasteiger partial charge is 0.253 e. The van der Waals surface area contributed by atoms with Gasteiger partial charge in [-0.2, -0.15) is 0 Å². The van der Waals surface area contributed by atoms with Crippen LogP contribution in [0.3, 0.4) is 0 Å². The van der Waals surface area contributed by atoms with Crippen LogP contribution in [0.2, 0.25) is 0 Å². The molecule has 1 aromatic carbocycles. The van der Waals surface area contributed by atoms with Crippen LogP contribution >= 0.6 is 0 Å². The summed E-state index contributed by atoms with van der Waals surface area (Å²) in [5, 5.41) is 3.09. The molecule has 1 unspecified atom stereocenters. The highest BCUT2D eigenvalue weighted by molar-refractivity contribution is 5.97. The molecule has 0 aliphatic heterocycles. The fourth-order valence-electron chi connectivity index (χ4n) is 3.62. The van der Waals surface area contributed by atoms with Gasteiger partial charge < -0.3 is 16.0 Å². The van der Waals surface area contributed by atoms with Crippen molar-refractivity contribution >= 4 is 11.8 Å². The van der Waals surface area contributed by atoms with Crippen LogP contribution in [0.1, 0.15) is 66.7 Å². The first kappa shape index (κ1) is 19.4. The first-order chi connectivity index (χ1) is 12.1. The normalized spacial score (nSPS) is 16.3. The fraction of sp³-hybridized carbons (Fsp3) is 0.600. The average molecular weight is 345 g/mol. The topological polar surface area (TPSA) is 75.4 Å². The van der Waals surface area contributed by atoms with E-state index in [0.717, 1.165) is 12.8 Å². The van der Waals surface area contributed by atoms with Crippen molar-refractivity contribution in [3.8, 4) is 0 Å². The second-order valence-corrected chi connectivity index (χ2v) is 6.77. The third-order valence-electron chi connectivity index (χ3n) is 5.23. The van der Waals surface area contributed by atoms with Gasteiger partial charge in [0, 0.05) is 36.8 Å². The van der Waals surface area contributed by atoms with Gasteiger partial charge >= 0.3 is 0 Å². The minimum Gasteiger partial charge on any atom is -0.348 e. The molecule has 0 radical (unpaired) electrons. The predicted molar refractivity (Wildman–Crippen MR) is 101 cm³/mol. The van der Waals surface area contributed by atoms with Crippen LogP contribution in [0.4, 0.5) is 0 Å². The van der Waals surface area contributed by atoms with Gasteiger partial charge in [-0.05, 0) is 56.9 Å². The van der Waals surface area contributed by atoms with Gasteiger partial charge in [-0.3, -0.25) is 9.59 Å². The van der Waals surface area contributed by atoms with E-state index in [9.17, 15) is 9.59 Å². The third kappa shape index (κ3) is 5.05. The Morgan fingerprint density at radius 2 is 1.64 bits per heavy atom. The van der Waals surface area contributed by atoms with Crippen molar-refractivity contribution in [2.75, 3.05) is 19.6 Å². The first-order valence-corrected chi connectivity index (χ1v) is 9.50. The number of hydrogen-bond donors (Lipinski definition) is 2. The summed E-state index contributed by atoms with van der Waals surface area (Å²) in [7, 11) is 0. The van der Waals surface area contributed by atoms with Gasteiger partial charge in [-0.15, -0.1) is 0 Å². The molecule has 0 heterocycles. The maximum Gasteiger partial charge on any atom is 0.253 e. The number of carbonyl (C=O) groups is 2. The molecule has 0 saturated heterocycles. The number of rotatable bonds is 7. The number of nitrogens with zero attached hydrogens (tertiary/aromatic N) is 1. The number of benzene rings is 1. The van der Waals surface area contributed by atoms with Crippen molar-refractivity contribution in [1.82, 2.24) is 10.2 Å². The minimum absolute atomic E-state index is 0.000927. The Balaban J connectivity index is 2.00. The highest BCUT2D eigenvalue weighted by atomic mass is 16.2. The number of nitrogens with one attached hydrogen (secondary N) is 1. The van der Waals surface area contributed by atoms with Gasteiger partial charge in [0.25, 0.3) is 11.8 Å². The molecule has 1 fully saturated rings. The van der Waals surface area contributed by atoms with Crippen molar-refractivity contribution in [3.63, 3.8) is 0 Å². The molecule has 0 spiro atoms. The van der Waals surface area contributed by atoms with Crippen LogP contribution in [0.15, 0.2) is 24.3 Å². The van der Waals surface area contributed by atoms with Gasteiger partial charge in [-0.25, -0.2) is 0 Å². The lowest BCUT2D eigenvalue weighted by atomic mass is 9.84. The van der Waals surface area contributed by atoms with Crippen LogP contribution in [-0.4, -0.2) is 42.4 Å². The lowest BCUT2D eigenvalue weighted by molar-refractivity contribution is 0.0772. The van der Waals surface area contributed by atoms with Crippen molar-refractivity contribution in [3.05, 3.63) is 35.4 Å². The summed E-state index contributed by atoms with van der Waals surface area (Å²) in [6.07, 6.45) is 6.00. The van der Waals surface area contributed by atoms with E-state index in [2.05, 4.69) is 5.32 Å². The SMILES string of the molecule is CCN(CC)C(=O)c1ccc(C(=O)NC(CN)C2CCCCC2)cc1. The standard InChI is InChI=1S/C20H31N3O2/c1-3-23(4-2)20(25)17-12-10-16(11-13-17)19(24)22-18(14-21)15-8-6-5-7-9-15/h10-13,15,18H,3-9,14,21H2,1-2H3,(H,22,24). The molecule has 25 heavy (non-hydrogen) atoms. The van der Waals surface area contributed by atoms with E-state index < -0.39 is 0 Å². The summed E-state index contributed by atoms with van der Waals surface area (Å²) in [6, 6.07) is 6.94. The quantitative estimate of drug-likeness (QED) is 0.798. The van der Waals surface area contributed by atoms with Gasteiger partial charge in [-0.1, -0.05) is 19.3 Å². The third-order valence-corrected chi connectivity index (χ3v) is 5.23. The molecule has 3 N–H and O–H groups in total. The molecule has 5 nitrogen and oxygen atoms in total. The van der Waals surface area contributed by atoms with E-state index >= 15 is 0 Å². The van der Waals surface area contributed by atoms with Gasteiger partial charge in [0.1, 0.15) is 0 Å².